The van der Waals surface area contributed by atoms with E-state index in [0.717, 1.165) is 16.3 Å². The number of aromatic nitrogens is 1. The lowest BCUT2D eigenvalue weighted by atomic mass is 10.2. The molecule has 0 saturated carbocycles. The van der Waals surface area contributed by atoms with E-state index in [1.54, 1.807) is 17.5 Å². The Morgan fingerprint density at radius 1 is 1.35 bits per heavy atom. The van der Waals surface area contributed by atoms with Crippen molar-refractivity contribution in [1.29, 1.82) is 0 Å². The molecular weight excluding hydrogens is 234 g/mol. The highest BCUT2D eigenvalue weighted by molar-refractivity contribution is 7.13. The smallest absolute Gasteiger partial charge is 0.225 e. The van der Waals surface area contributed by atoms with Crippen LogP contribution in [0.15, 0.2) is 35.8 Å². The maximum Gasteiger partial charge on any atom is 0.225 e. The number of nitrogens with one attached hydrogen (secondary N) is 1. The van der Waals surface area contributed by atoms with Crippen molar-refractivity contribution >= 4 is 22.9 Å². The average Bonchev–Trinajstić information content (AvgIpc) is 2.84. The summed E-state index contributed by atoms with van der Waals surface area (Å²) in [6.45, 7) is 0.364. The van der Waals surface area contributed by atoms with Crippen LogP contribution < -0.4 is 11.1 Å². The van der Waals surface area contributed by atoms with Crippen molar-refractivity contribution in [2.75, 3.05) is 11.9 Å². The topological polar surface area (TPSA) is 68.0 Å². The van der Waals surface area contributed by atoms with Crippen molar-refractivity contribution in [1.82, 2.24) is 4.98 Å². The molecule has 0 saturated heterocycles. The van der Waals surface area contributed by atoms with Crippen LogP contribution in [0.5, 0.6) is 0 Å². The SMILES string of the molecule is NCCC(=O)Nc1ccc(-c2nccs2)cc1. The van der Waals surface area contributed by atoms with Crippen LogP contribution in [0.25, 0.3) is 10.6 Å². The van der Waals surface area contributed by atoms with Crippen LogP contribution >= 0.6 is 11.3 Å². The van der Waals surface area contributed by atoms with Crippen LogP contribution in [0.1, 0.15) is 6.42 Å². The summed E-state index contributed by atoms with van der Waals surface area (Å²) in [7, 11) is 0. The second-order valence-electron chi connectivity index (χ2n) is 3.50. The number of carbonyl (C=O) groups is 1. The second kappa shape index (κ2) is 5.56. The molecule has 1 aromatic heterocycles. The first-order chi connectivity index (χ1) is 8.29. The van der Waals surface area contributed by atoms with Gasteiger partial charge >= 0.3 is 0 Å². The molecule has 0 atom stereocenters. The normalized spacial score (nSPS) is 10.2. The van der Waals surface area contributed by atoms with Crippen LogP contribution in [0.4, 0.5) is 5.69 Å². The van der Waals surface area contributed by atoms with E-state index in [4.69, 9.17) is 5.73 Å². The van der Waals surface area contributed by atoms with Gasteiger partial charge in [0.1, 0.15) is 5.01 Å². The molecule has 1 heterocycles. The van der Waals surface area contributed by atoms with E-state index in [1.165, 1.54) is 0 Å². The second-order valence-corrected chi connectivity index (χ2v) is 4.40. The Balaban J connectivity index is 2.06. The molecule has 17 heavy (non-hydrogen) atoms. The van der Waals surface area contributed by atoms with Gasteiger partial charge in [0.2, 0.25) is 5.91 Å². The Labute approximate surface area is 103 Å². The van der Waals surface area contributed by atoms with E-state index in [2.05, 4.69) is 10.3 Å². The first kappa shape index (κ1) is 11.8. The van der Waals surface area contributed by atoms with Gasteiger partial charge in [-0.05, 0) is 24.3 Å². The number of anilines is 1. The van der Waals surface area contributed by atoms with Crippen molar-refractivity contribution in [3.05, 3.63) is 35.8 Å². The van der Waals surface area contributed by atoms with Gasteiger partial charge in [0.15, 0.2) is 0 Å². The van der Waals surface area contributed by atoms with Gasteiger partial charge in [-0.3, -0.25) is 4.79 Å². The summed E-state index contributed by atoms with van der Waals surface area (Å²) in [5.74, 6) is -0.0606. The minimum Gasteiger partial charge on any atom is -0.330 e. The highest BCUT2D eigenvalue weighted by Gasteiger charge is 2.02. The van der Waals surface area contributed by atoms with Crippen LogP contribution in [-0.2, 0) is 4.79 Å². The number of benzene rings is 1. The monoisotopic (exact) mass is 247 g/mol. The van der Waals surface area contributed by atoms with Crippen molar-refractivity contribution < 1.29 is 4.79 Å². The van der Waals surface area contributed by atoms with Crippen LogP contribution in [0.3, 0.4) is 0 Å². The molecular formula is C12H13N3OS. The molecule has 88 valence electrons. The number of rotatable bonds is 4. The molecule has 0 spiro atoms. The molecule has 3 N–H and O–H groups in total. The van der Waals surface area contributed by atoms with Gasteiger partial charge in [-0.15, -0.1) is 11.3 Å². The zero-order valence-electron chi connectivity index (χ0n) is 9.22. The summed E-state index contributed by atoms with van der Waals surface area (Å²) in [6, 6.07) is 7.62. The molecule has 2 aromatic rings. The lowest BCUT2D eigenvalue weighted by molar-refractivity contribution is -0.116. The largest absolute Gasteiger partial charge is 0.330 e. The fourth-order valence-corrected chi connectivity index (χ4v) is 2.06. The summed E-state index contributed by atoms with van der Waals surface area (Å²) in [5.41, 5.74) is 7.14. The molecule has 2 rings (SSSR count). The van der Waals surface area contributed by atoms with E-state index in [1.807, 2.05) is 29.6 Å². The number of thiazole rings is 1. The fraction of sp³-hybridized carbons (Fsp3) is 0.167. The van der Waals surface area contributed by atoms with Crippen molar-refractivity contribution in [3.8, 4) is 10.6 Å². The van der Waals surface area contributed by atoms with E-state index in [9.17, 15) is 4.79 Å². The lowest BCUT2D eigenvalue weighted by Crippen LogP contribution is -2.15. The van der Waals surface area contributed by atoms with E-state index >= 15 is 0 Å². The summed E-state index contributed by atoms with van der Waals surface area (Å²) in [5, 5.41) is 5.69. The van der Waals surface area contributed by atoms with Crippen LogP contribution in [0, 0.1) is 0 Å². The summed E-state index contributed by atoms with van der Waals surface area (Å²) < 4.78 is 0. The number of hydrogen-bond donors (Lipinski definition) is 2. The number of carbonyl (C=O) groups excluding carboxylic acids is 1. The Bertz CT molecular complexity index is 479. The van der Waals surface area contributed by atoms with E-state index in [0.29, 0.717) is 13.0 Å². The molecule has 0 aliphatic heterocycles. The number of nitrogens with two attached hydrogens (primary N) is 1. The zero-order valence-corrected chi connectivity index (χ0v) is 10.0. The van der Waals surface area contributed by atoms with Crippen molar-refractivity contribution in [2.45, 2.75) is 6.42 Å². The minimum absolute atomic E-state index is 0.0606. The van der Waals surface area contributed by atoms with Crippen molar-refractivity contribution in [2.24, 2.45) is 5.73 Å². The van der Waals surface area contributed by atoms with Gasteiger partial charge < -0.3 is 11.1 Å². The maximum absolute atomic E-state index is 11.3. The van der Waals surface area contributed by atoms with Gasteiger partial charge in [0, 0.05) is 35.8 Å². The van der Waals surface area contributed by atoms with Crippen molar-refractivity contribution in [3.63, 3.8) is 0 Å². The summed E-state index contributed by atoms with van der Waals surface area (Å²) >= 11 is 1.59. The molecule has 0 aliphatic rings. The average molecular weight is 247 g/mol. The van der Waals surface area contributed by atoms with Crippen LogP contribution in [-0.4, -0.2) is 17.4 Å². The van der Waals surface area contributed by atoms with Gasteiger partial charge in [-0.2, -0.15) is 0 Å². The third-order valence-corrected chi connectivity index (χ3v) is 3.04. The summed E-state index contributed by atoms with van der Waals surface area (Å²) in [6.07, 6.45) is 2.12. The fourth-order valence-electron chi connectivity index (χ4n) is 1.42. The third kappa shape index (κ3) is 3.12. The van der Waals surface area contributed by atoms with Crippen LogP contribution in [0.2, 0.25) is 0 Å². The Hall–Kier alpha value is -1.72. The highest BCUT2D eigenvalue weighted by atomic mass is 32.1. The summed E-state index contributed by atoms with van der Waals surface area (Å²) in [4.78, 5) is 15.5. The van der Waals surface area contributed by atoms with Gasteiger partial charge in [-0.1, -0.05) is 0 Å². The van der Waals surface area contributed by atoms with Gasteiger partial charge in [-0.25, -0.2) is 4.98 Å². The molecule has 5 heteroatoms. The quantitative estimate of drug-likeness (QED) is 0.869. The molecule has 1 aromatic carbocycles. The molecule has 4 nitrogen and oxygen atoms in total. The van der Waals surface area contributed by atoms with Gasteiger partial charge in [0.05, 0.1) is 0 Å². The van der Waals surface area contributed by atoms with Gasteiger partial charge in [0.25, 0.3) is 0 Å². The number of hydrogen-bond acceptors (Lipinski definition) is 4. The lowest BCUT2D eigenvalue weighted by Gasteiger charge is -2.04. The first-order valence-electron chi connectivity index (χ1n) is 5.29. The van der Waals surface area contributed by atoms with E-state index in [-0.39, 0.29) is 5.91 Å². The molecule has 0 unspecified atom stereocenters. The zero-order chi connectivity index (χ0) is 12.1. The minimum atomic E-state index is -0.0606. The number of amides is 1. The number of nitrogens with zero attached hydrogens (tertiary/aromatic N) is 1. The first-order valence-corrected chi connectivity index (χ1v) is 6.17. The Morgan fingerprint density at radius 3 is 2.71 bits per heavy atom. The standard InChI is InChI=1S/C12H13N3OS/c13-6-5-11(16)15-10-3-1-9(2-4-10)12-14-7-8-17-12/h1-4,7-8H,5-6,13H2,(H,15,16). The highest BCUT2D eigenvalue weighted by Crippen LogP contribution is 2.23. The van der Waals surface area contributed by atoms with E-state index < -0.39 is 0 Å². The predicted molar refractivity (Wildman–Crippen MR) is 69.9 cm³/mol. The maximum atomic E-state index is 11.3. The molecule has 0 radical (unpaired) electrons. The Kier molecular flexibility index (Phi) is 3.85. The molecule has 0 fully saturated rings. The third-order valence-electron chi connectivity index (χ3n) is 2.22. The Morgan fingerprint density at radius 2 is 2.12 bits per heavy atom. The molecule has 0 bridgehead atoms. The molecule has 0 aliphatic carbocycles. The predicted octanol–water partition coefficient (Wildman–Crippen LogP) is 2.10. The molecule has 1 amide bonds.